The van der Waals surface area contributed by atoms with Crippen molar-refractivity contribution in [1.82, 2.24) is 15.5 Å². The van der Waals surface area contributed by atoms with Gasteiger partial charge in [-0.25, -0.2) is 0 Å². The third-order valence-corrected chi connectivity index (χ3v) is 3.42. The molecule has 0 aliphatic heterocycles. The standard InChI is InChI=1S/C16H36N4O2/c1-6-7-11-21-13-14-22-12-9-19-16(17-4)18-8-10-20(5)15(2)3/h15H,6-14H2,1-5H3,(H2,17,18,19). The highest BCUT2D eigenvalue weighted by molar-refractivity contribution is 5.79. The largest absolute Gasteiger partial charge is 0.379 e. The summed E-state index contributed by atoms with van der Waals surface area (Å²) in [6.45, 7) is 12.0. The van der Waals surface area contributed by atoms with Crippen LogP contribution in [0.15, 0.2) is 4.99 Å². The van der Waals surface area contributed by atoms with Crippen molar-refractivity contribution in [2.75, 3.05) is 60.2 Å². The molecule has 2 N–H and O–H groups in total. The second-order valence-electron chi connectivity index (χ2n) is 5.58. The molecule has 0 amide bonds. The van der Waals surface area contributed by atoms with Crippen LogP contribution in [0.4, 0.5) is 0 Å². The summed E-state index contributed by atoms with van der Waals surface area (Å²) in [6, 6.07) is 0.560. The molecule has 0 radical (unpaired) electrons. The van der Waals surface area contributed by atoms with Crippen molar-refractivity contribution in [1.29, 1.82) is 0 Å². The Morgan fingerprint density at radius 1 is 1.05 bits per heavy atom. The van der Waals surface area contributed by atoms with E-state index in [-0.39, 0.29) is 0 Å². The van der Waals surface area contributed by atoms with Crippen LogP contribution in [0.25, 0.3) is 0 Å². The van der Waals surface area contributed by atoms with Gasteiger partial charge in [0.05, 0.1) is 19.8 Å². The minimum atomic E-state index is 0.560. The van der Waals surface area contributed by atoms with E-state index in [1.165, 1.54) is 6.42 Å². The minimum absolute atomic E-state index is 0.560. The lowest BCUT2D eigenvalue weighted by atomic mass is 10.3. The fourth-order valence-corrected chi connectivity index (χ4v) is 1.64. The molecule has 0 aromatic carbocycles. The molecule has 0 heterocycles. The maximum Gasteiger partial charge on any atom is 0.191 e. The third kappa shape index (κ3) is 12.9. The summed E-state index contributed by atoms with van der Waals surface area (Å²) in [5.41, 5.74) is 0. The van der Waals surface area contributed by atoms with Gasteiger partial charge in [0.1, 0.15) is 0 Å². The summed E-state index contributed by atoms with van der Waals surface area (Å²) >= 11 is 0. The minimum Gasteiger partial charge on any atom is -0.379 e. The molecular formula is C16H36N4O2. The molecule has 0 fully saturated rings. The highest BCUT2D eigenvalue weighted by Crippen LogP contribution is 1.90. The van der Waals surface area contributed by atoms with E-state index in [0.29, 0.717) is 25.9 Å². The number of guanidine groups is 1. The second kappa shape index (κ2) is 15.1. The maximum atomic E-state index is 5.50. The fourth-order valence-electron chi connectivity index (χ4n) is 1.64. The number of nitrogens with zero attached hydrogens (tertiary/aromatic N) is 2. The van der Waals surface area contributed by atoms with Crippen molar-refractivity contribution in [3.05, 3.63) is 0 Å². The Labute approximate surface area is 136 Å². The highest BCUT2D eigenvalue weighted by atomic mass is 16.5. The summed E-state index contributed by atoms with van der Waals surface area (Å²) in [4.78, 5) is 6.49. The van der Waals surface area contributed by atoms with Gasteiger partial charge in [0.2, 0.25) is 0 Å². The van der Waals surface area contributed by atoms with Crippen molar-refractivity contribution >= 4 is 5.96 Å². The van der Waals surface area contributed by atoms with E-state index in [1.807, 2.05) is 0 Å². The molecule has 0 bridgehead atoms. The van der Waals surface area contributed by atoms with E-state index >= 15 is 0 Å². The average molecular weight is 316 g/mol. The van der Waals surface area contributed by atoms with Crippen molar-refractivity contribution in [3.8, 4) is 0 Å². The first-order valence-corrected chi connectivity index (χ1v) is 8.42. The molecule has 0 aromatic rings. The van der Waals surface area contributed by atoms with Crippen LogP contribution in [0, 0.1) is 0 Å². The van der Waals surface area contributed by atoms with Crippen molar-refractivity contribution in [2.45, 2.75) is 39.7 Å². The molecule has 0 spiro atoms. The van der Waals surface area contributed by atoms with Crippen LogP contribution in [0.3, 0.4) is 0 Å². The Bertz CT molecular complexity index is 273. The Morgan fingerprint density at radius 2 is 1.68 bits per heavy atom. The summed E-state index contributed by atoms with van der Waals surface area (Å²) in [7, 11) is 3.91. The lowest BCUT2D eigenvalue weighted by Gasteiger charge is -2.21. The van der Waals surface area contributed by atoms with Crippen LogP contribution in [0.5, 0.6) is 0 Å². The van der Waals surface area contributed by atoms with E-state index in [0.717, 1.165) is 38.6 Å². The number of hydrogen-bond acceptors (Lipinski definition) is 4. The molecule has 6 heteroatoms. The lowest BCUT2D eigenvalue weighted by molar-refractivity contribution is 0.0487. The normalized spacial score (nSPS) is 12.2. The predicted molar refractivity (Wildman–Crippen MR) is 93.7 cm³/mol. The van der Waals surface area contributed by atoms with Gasteiger partial charge in [0.15, 0.2) is 5.96 Å². The molecule has 0 saturated heterocycles. The van der Waals surface area contributed by atoms with Crippen molar-refractivity contribution in [3.63, 3.8) is 0 Å². The van der Waals surface area contributed by atoms with E-state index in [1.54, 1.807) is 7.05 Å². The van der Waals surface area contributed by atoms with Gasteiger partial charge in [-0.05, 0) is 27.3 Å². The SMILES string of the molecule is CCCCOCCOCCNC(=NC)NCCN(C)C(C)C. The summed E-state index contributed by atoms with van der Waals surface area (Å²) in [5, 5.41) is 6.54. The maximum absolute atomic E-state index is 5.50. The average Bonchev–Trinajstić information content (AvgIpc) is 2.51. The van der Waals surface area contributed by atoms with Crippen LogP contribution >= 0.6 is 0 Å². The number of rotatable bonds is 13. The van der Waals surface area contributed by atoms with Crippen LogP contribution in [0.2, 0.25) is 0 Å². The topological polar surface area (TPSA) is 58.1 Å². The molecule has 0 unspecified atom stereocenters. The van der Waals surface area contributed by atoms with E-state index in [9.17, 15) is 0 Å². The molecule has 6 nitrogen and oxygen atoms in total. The number of nitrogens with one attached hydrogen (secondary N) is 2. The Hall–Kier alpha value is -0.850. The first-order chi connectivity index (χ1) is 10.6. The number of unbranched alkanes of at least 4 members (excludes halogenated alkanes) is 1. The molecule has 0 atom stereocenters. The number of hydrogen-bond donors (Lipinski definition) is 2. The monoisotopic (exact) mass is 316 g/mol. The first kappa shape index (κ1) is 21.1. The van der Waals surface area contributed by atoms with Gasteiger partial charge in [0.25, 0.3) is 0 Å². The molecular weight excluding hydrogens is 280 g/mol. The zero-order valence-electron chi connectivity index (χ0n) is 15.2. The smallest absolute Gasteiger partial charge is 0.191 e. The second-order valence-corrected chi connectivity index (χ2v) is 5.58. The highest BCUT2D eigenvalue weighted by Gasteiger charge is 2.03. The predicted octanol–water partition coefficient (Wildman–Crippen LogP) is 1.32. The third-order valence-electron chi connectivity index (χ3n) is 3.42. The van der Waals surface area contributed by atoms with Crippen molar-refractivity contribution < 1.29 is 9.47 Å². The fraction of sp³-hybridized carbons (Fsp3) is 0.938. The van der Waals surface area contributed by atoms with Crippen LogP contribution in [0.1, 0.15) is 33.6 Å². The van der Waals surface area contributed by atoms with E-state index in [4.69, 9.17) is 9.47 Å². The zero-order chi connectivity index (χ0) is 16.6. The van der Waals surface area contributed by atoms with Crippen molar-refractivity contribution in [2.24, 2.45) is 4.99 Å². The van der Waals surface area contributed by atoms with Crippen LogP contribution in [-0.2, 0) is 9.47 Å². The van der Waals surface area contributed by atoms with E-state index in [2.05, 4.69) is 48.3 Å². The Morgan fingerprint density at radius 3 is 2.27 bits per heavy atom. The Kier molecular flexibility index (Phi) is 14.5. The van der Waals surface area contributed by atoms with Gasteiger partial charge in [-0.2, -0.15) is 0 Å². The summed E-state index contributed by atoms with van der Waals surface area (Å²) in [5.74, 6) is 0.819. The summed E-state index contributed by atoms with van der Waals surface area (Å²) < 4.78 is 10.9. The van der Waals surface area contributed by atoms with Gasteiger partial charge >= 0.3 is 0 Å². The molecule has 0 aliphatic rings. The van der Waals surface area contributed by atoms with Crippen LogP contribution in [-0.4, -0.2) is 77.1 Å². The molecule has 22 heavy (non-hydrogen) atoms. The lowest BCUT2D eigenvalue weighted by Crippen LogP contribution is -2.43. The first-order valence-electron chi connectivity index (χ1n) is 8.42. The molecule has 0 saturated carbocycles. The number of ether oxygens (including phenoxy) is 2. The van der Waals surface area contributed by atoms with Gasteiger partial charge in [-0.15, -0.1) is 0 Å². The Balaban J connectivity index is 3.47. The molecule has 0 aromatic heterocycles. The number of likely N-dealkylation sites (N-methyl/N-ethyl adjacent to an activating group) is 1. The summed E-state index contributed by atoms with van der Waals surface area (Å²) in [6.07, 6.45) is 2.29. The van der Waals surface area contributed by atoms with Gasteiger partial charge in [0, 0.05) is 39.3 Å². The van der Waals surface area contributed by atoms with Gasteiger partial charge in [-0.3, -0.25) is 4.99 Å². The zero-order valence-corrected chi connectivity index (χ0v) is 15.2. The quantitative estimate of drug-likeness (QED) is 0.305. The molecule has 0 rings (SSSR count). The van der Waals surface area contributed by atoms with E-state index < -0.39 is 0 Å². The molecule has 132 valence electrons. The van der Waals surface area contributed by atoms with Gasteiger partial charge in [-0.1, -0.05) is 13.3 Å². The van der Waals surface area contributed by atoms with Gasteiger partial charge < -0.3 is 25.0 Å². The number of aliphatic imine (C=N–C) groups is 1. The molecule has 0 aliphatic carbocycles. The van der Waals surface area contributed by atoms with Crippen LogP contribution < -0.4 is 10.6 Å².